The number of rotatable bonds is 10. The highest BCUT2D eigenvalue weighted by molar-refractivity contribution is 7.09. The molecule has 28 heavy (non-hydrogen) atoms. The smallest absolute Gasteiger partial charge is 0.338 e. The second-order valence-corrected chi connectivity index (χ2v) is 7.83. The Kier molecular flexibility index (Phi) is 8.32. The molecule has 152 valence electrons. The summed E-state index contributed by atoms with van der Waals surface area (Å²) >= 11 is 1.57. The minimum Gasteiger partial charge on any atom is -0.493 e. The number of thiophene rings is 1. The molecule has 1 aromatic heterocycles. The summed E-state index contributed by atoms with van der Waals surface area (Å²) in [5, 5.41) is 1.96. The van der Waals surface area contributed by atoms with E-state index in [-0.39, 0.29) is 12.5 Å². The van der Waals surface area contributed by atoms with Gasteiger partial charge < -0.3 is 19.1 Å². The zero-order valence-corrected chi connectivity index (χ0v) is 17.6. The van der Waals surface area contributed by atoms with Crippen LogP contribution in [-0.4, -0.2) is 44.1 Å². The molecule has 0 aliphatic rings. The monoisotopic (exact) mass is 405 g/mol. The maximum atomic E-state index is 12.3. The van der Waals surface area contributed by atoms with E-state index in [1.807, 2.05) is 17.5 Å². The Bertz CT molecular complexity index is 773. The molecule has 0 aliphatic carbocycles. The number of benzene rings is 1. The van der Waals surface area contributed by atoms with Gasteiger partial charge in [-0.1, -0.05) is 19.9 Å². The first-order valence-corrected chi connectivity index (χ1v) is 10.0. The first kappa shape index (κ1) is 21.8. The fraction of sp³-hybridized carbons (Fsp3) is 0.429. The Labute approximate surface area is 170 Å². The molecule has 6 nitrogen and oxygen atoms in total. The Morgan fingerprint density at radius 3 is 2.61 bits per heavy atom. The summed E-state index contributed by atoms with van der Waals surface area (Å²) in [6.07, 6.45) is 0.925. The standard InChI is InChI=1S/C21H27NO5S/c1-15(2)9-10-26-18-8-7-16(12-19(18)25-4)21(24)27-14-20(23)22(3)13-17-6-5-11-28-17/h5-8,11-12,15H,9-10,13-14H2,1-4H3. The van der Waals surface area contributed by atoms with Crippen LogP contribution in [0.15, 0.2) is 35.7 Å². The van der Waals surface area contributed by atoms with Crippen molar-refractivity contribution in [3.8, 4) is 11.5 Å². The van der Waals surface area contributed by atoms with Crippen LogP contribution in [0.2, 0.25) is 0 Å². The molecular weight excluding hydrogens is 378 g/mol. The van der Waals surface area contributed by atoms with Crippen molar-refractivity contribution in [3.05, 3.63) is 46.2 Å². The zero-order chi connectivity index (χ0) is 20.5. The van der Waals surface area contributed by atoms with Crippen LogP contribution in [0.5, 0.6) is 11.5 Å². The SMILES string of the molecule is COc1cc(C(=O)OCC(=O)N(C)Cc2cccs2)ccc1OCCC(C)C. The topological polar surface area (TPSA) is 65.1 Å². The summed E-state index contributed by atoms with van der Waals surface area (Å²) in [4.78, 5) is 27.1. The van der Waals surface area contributed by atoms with E-state index in [9.17, 15) is 9.59 Å². The van der Waals surface area contributed by atoms with Crippen LogP contribution >= 0.6 is 11.3 Å². The van der Waals surface area contributed by atoms with E-state index in [0.717, 1.165) is 11.3 Å². The third-order valence-corrected chi connectivity index (χ3v) is 4.94. The third-order valence-electron chi connectivity index (χ3n) is 4.08. The molecule has 0 radical (unpaired) electrons. The lowest BCUT2D eigenvalue weighted by Gasteiger charge is -2.16. The van der Waals surface area contributed by atoms with Gasteiger partial charge in [0.2, 0.25) is 0 Å². The van der Waals surface area contributed by atoms with E-state index in [0.29, 0.717) is 36.1 Å². The molecule has 1 heterocycles. The van der Waals surface area contributed by atoms with Crippen molar-refractivity contribution in [1.82, 2.24) is 4.90 Å². The lowest BCUT2D eigenvalue weighted by molar-refractivity contribution is -0.133. The van der Waals surface area contributed by atoms with Gasteiger partial charge in [0.05, 0.1) is 25.8 Å². The normalized spacial score (nSPS) is 10.6. The summed E-state index contributed by atoms with van der Waals surface area (Å²) in [5.41, 5.74) is 0.307. The van der Waals surface area contributed by atoms with Crippen LogP contribution < -0.4 is 9.47 Å². The molecule has 0 spiro atoms. The predicted molar refractivity (Wildman–Crippen MR) is 109 cm³/mol. The lowest BCUT2D eigenvalue weighted by Crippen LogP contribution is -2.30. The fourth-order valence-electron chi connectivity index (χ4n) is 2.36. The van der Waals surface area contributed by atoms with Crippen molar-refractivity contribution in [2.24, 2.45) is 5.92 Å². The molecule has 0 N–H and O–H groups in total. The number of carbonyl (C=O) groups is 2. The minimum absolute atomic E-state index is 0.262. The number of ether oxygens (including phenoxy) is 3. The van der Waals surface area contributed by atoms with Crippen LogP contribution in [0, 0.1) is 5.92 Å². The molecule has 0 fully saturated rings. The molecule has 1 amide bonds. The summed E-state index contributed by atoms with van der Waals surface area (Å²) < 4.78 is 16.2. The van der Waals surface area contributed by atoms with Gasteiger partial charge in [0.1, 0.15) is 0 Å². The molecule has 1 aromatic carbocycles. The van der Waals surface area contributed by atoms with Crippen LogP contribution in [0.4, 0.5) is 0 Å². The van der Waals surface area contributed by atoms with Gasteiger partial charge >= 0.3 is 5.97 Å². The lowest BCUT2D eigenvalue weighted by atomic mass is 10.1. The minimum atomic E-state index is -0.579. The summed E-state index contributed by atoms with van der Waals surface area (Å²) in [7, 11) is 3.20. The molecule has 0 atom stereocenters. The first-order chi connectivity index (χ1) is 13.4. The van der Waals surface area contributed by atoms with Crippen molar-refractivity contribution in [2.45, 2.75) is 26.8 Å². The van der Waals surface area contributed by atoms with E-state index in [1.165, 1.54) is 12.0 Å². The molecule has 2 rings (SSSR count). The molecule has 0 saturated heterocycles. The number of likely N-dealkylation sites (N-methyl/N-ethyl adjacent to an activating group) is 1. The van der Waals surface area contributed by atoms with E-state index >= 15 is 0 Å². The maximum Gasteiger partial charge on any atom is 0.338 e. The van der Waals surface area contributed by atoms with Crippen LogP contribution in [0.1, 0.15) is 35.5 Å². The van der Waals surface area contributed by atoms with E-state index in [4.69, 9.17) is 14.2 Å². The highest BCUT2D eigenvalue weighted by Crippen LogP contribution is 2.28. The summed E-state index contributed by atoms with van der Waals surface area (Å²) in [6, 6.07) is 8.74. The van der Waals surface area contributed by atoms with Crippen molar-refractivity contribution in [3.63, 3.8) is 0 Å². The van der Waals surface area contributed by atoms with Crippen LogP contribution in [0.25, 0.3) is 0 Å². The highest BCUT2D eigenvalue weighted by Gasteiger charge is 2.16. The van der Waals surface area contributed by atoms with Gasteiger partial charge in [-0.05, 0) is 42.0 Å². The van der Waals surface area contributed by atoms with Gasteiger partial charge in [-0.15, -0.1) is 11.3 Å². The number of esters is 1. The number of nitrogens with zero attached hydrogens (tertiary/aromatic N) is 1. The number of hydrogen-bond donors (Lipinski definition) is 0. The van der Waals surface area contributed by atoms with Crippen molar-refractivity contribution in [2.75, 3.05) is 27.4 Å². The Morgan fingerprint density at radius 2 is 1.96 bits per heavy atom. The Hall–Kier alpha value is -2.54. The Balaban J connectivity index is 1.89. The molecule has 0 saturated carbocycles. The molecule has 0 bridgehead atoms. The van der Waals surface area contributed by atoms with Gasteiger partial charge in [-0.3, -0.25) is 4.79 Å². The Morgan fingerprint density at radius 1 is 1.18 bits per heavy atom. The second kappa shape index (κ2) is 10.7. The number of hydrogen-bond acceptors (Lipinski definition) is 6. The van der Waals surface area contributed by atoms with Gasteiger partial charge in [0, 0.05) is 11.9 Å². The first-order valence-electron chi connectivity index (χ1n) is 9.15. The second-order valence-electron chi connectivity index (χ2n) is 6.80. The number of amides is 1. The maximum absolute atomic E-state index is 12.3. The zero-order valence-electron chi connectivity index (χ0n) is 16.8. The molecule has 7 heteroatoms. The van der Waals surface area contributed by atoms with Crippen molar-refractivity contribution < 1.29 is 23.8 Å². The fourth-order valence-corrected chi connectivity index (χ4v) is 3.12. The van der Waals surface area contributed by atoms with Gasteiger partial charge in [0.15, 0.2) is 18.1 Å². The predicted octanol–water partition coefficient (Wildman–Crippen LogP) is 4.00. The van der Waals surface area contributed by atoms with E-state index < -0.39 is 5.97 Å². The molecular formula is C21H27NO5S. The van der Waals surface area contributed by atoms with Crippen LogP contribution in [-0.2, 0) is 16.1 Å². The molecule has 2 aromatic rings. The van der Waals surface area contributed by atoms with Gasteiger partial charge in [0.25, 0.3) is 5.91 Å². The van der Waals surface area contributed by atoms with Gasteiger partial charge in [-0.2, -0.15) is 0 Å². The van der Waals surface area contributed by atoms with E-state index in [2.05, 4.69) is 13.8 Å². The van der Waals surface area contributed by atoms with Gasteiger partial charge in [-0.25, -0.2) is 4.79 Å². The molecule has 0 aliphatic heterocycles. The quantitative estimate of drug-likeness (QED) is 0.559. The highest BCUT2D eigenvalue weighted by atomic mass is 32.1. The average Bonchev–Trinajstić information content (AvgIpc) is 3.18. The third kappa shape index (κ3) is 6.56. The van der Waals surface area contributed by atoms with Crippen molar-refractivity contribution in [1.29, 1.82) is 0 Å². The van der Waals surface area contributed by atoms with E-state index in [1.54, 1.807) is 36.6 Å². The van der Waals surface area contributed by atoms with Crippen LogP contribution in [0.3, 0.4) is 0 Å². The summed E-state index contributed by atoms with van der Waals surface area (Å²) in [6.45, 7) is 5.00. The average molecular weight is 406 g/mol. The summed E-state index contributed by atoms with van der Waals surface area (Å²) in [5.74, 6) is 0.730. The number of methoxy groups -OCH3 is 1. The van der Waals surface area contributed by atoms with Crippen molar-refractivity contribution >= 4 is 23.2 Å². The largest absolute Gasteiger partial charge is 0.493 e. The molecule has 0 unspecified atom stereocenters. The number of carbonyl (C=O) groups excluding carboxylic acids is 2.